The average Bonchev–Trinajstić information content (AvgIpc) is 1.19. The van der Waals surface area contributed by atoms with Crippen LogP contribution in [-0.2, 0) is 72.3 Å². The smallest absolute Gasteiger partial charge is 0.222 e. The van der Waals surface area contributed by atoms with E-state index in [-0.39, 0.29) is 44.2 Å². The molecule has 1 unspecified atom stereocenters. The van der Waals surface area contributed by atoms with Crippen molar-refractivity contribution in [1.29, 1.82) is 0 Å². The van der Waals surface area contributed by atoms with Gasteiger partial charge in [-0.05, 0) is 234 Å². The molecule has 7 aromatic rings. The number of benzene rings is 3. The van der Waals surface area contributed by atoms with Crippen molar-refractivity contribution in [1.82, 2.24) is 49.7 Å². The number of aryl methyl sites for hydroxylation is 1. The minimum atomic E-state index is 0.138. The number of carbonyl (C=O) groups excluding carboxylic acids is 6. The minimum absolute atomic E-state index is 0.138. The van der Waals surface area contributed by atoms with Crippen LogP contribution in [0.2, 0.25) is 0 Å². The molecule has 23 nitrogen and oxygen atoms in total. The molecule has 3 fully saturated rings. The Hall–Kier alpha value is -8.93. The summed E-state index contributed by atoms with van der Waals surface area (Å²) in [7, 11) is 3.17. The first-order chi connectivity index (χ1) is 66.9. The number of aromatic amines is 1. The maximum absolute atomic E-state index is 12.3. The normalized spacial score (nSPS) is 14.8. The number of aromatic nitrogens is 8. The van der Waals surface area contributed by atoms with E-state index in [1.165, 1.54) is 87.5 Å². The number of allylic oxidation sites excluding steroid dienone is 2. The molecule has 23 heteroatoms. The zero-order valence-corrected chi connectivity index (χ0v) is 96.4. The molecule has 0 radical (unpaired) electrons. The second-order valence-electron chi connectivity index (χ2n) is 52.0. The third kappa shape index (κ3) is 64.9. The van der Waals surface area contributed by atoms with Crippen molar-refractivity contribution in [2.24, 2.45) is 71.0 Å². The highest BCUT2D eigenvalue weighted by atomic mass is 16.5. The number of aliphatic hydroxyl groups excluding tert-OH is 2. The van der Waals surface area contributed by atoms with E-state index in [1.54, 1.807) is 38.9 Å². The van der Waals surface area contributed by atoms with E-state index >= 15 is 0 Å². The first-order valence-corrected chi connectivity index (χ1v) is 53.9. The number of rotatable bonds is 32. The molecule has 2 amide bonds. The molecule has 1 saturated carbocycles. The number of nitrogens with one attached hydrogen (secondary N) is 2. The van der Waals surface area contributed by atoms with E-state index < -0.39 is 0 Å². The Kier molecular flexibility index (Phi) is 57.2. The molecule has 4 N–H and O–H groups in total. The van der Waals surface area contributed by atoms with Crippen molar-refractivity contribution in [2.45, 2.75) is 407 Å². The zero-order valence-electron chi connectivity index (χ0n) is 96.4. The van der Waals surface area contributed by atoms with E-state index in [9.17, 15) is 28.8 Å². The van der Waals surface area contributed by atoms with Crippen LogP contribution >= 0.6 is 0 Å². The topological polar surface area (TPSA) is 300 Å². The molecule has 4 aromatic heterocycles. The van der Waals surface area contributed by atoms with Gasteiger partial charge in [0.1, 0.15) is 41.6 Å². The van der Waals surface area contributed by atoms with E-state index in [4.69, 9.17) is 24.4 Å². The highest BCUT2D eigenvalue weighted by molar-refractivity contribution is 5.91. The largest absolute Gasteiger partial charge is 0.493 e. The van der Waals surface area contributed by atoms with Crippen molar-refractivity contribution in [2.75, 3.05) is 78.7 Å². The zero-order chi connectivity index (χ0) is 108. The third-order valence-corrected chi connectivity index (χ3v) is 24.6. The minimum Gasteiger partial charge on any atom is -0.493 e. The number of pyridine rings is 1. The van der Waals surface area contributed by atoms with Crippen LogP contribution in [0.4, 0.5) is 5.82 Å². The van der Waals surface area contributed by atoms with Crippen molar-refractivity contribution >= 4 is 68.8 Å². The van der Waals surface area contributed by atoms with E-state index in [0.29, 0.717) is 134 Å². The van der Waals surface area contributed by atoms with Gasteiger partial charge in [-0.2, -0.15) is 10.2 Å². The van der Waals surface area contributed by atoms with Gasteiger partial charge >= 0.3 is 0 Å². The molecule has 3 aromatic carbocycles. The maximum atomic E-state index is 12.3. The number of carbonyl (C=O) groups is 6. The second-order valence-corrected chi connectivity index (χ2v) is 52.0. The second kappa shape index (κ2) is 63.7. The number of likely N-dealkylation sites (tertiary alicyclic amines) is 1. The lowest BCUT2D eigenvalue weighted by Crippen LogP contribution is -2.40. The molecule has 12 rings (SSSR count). The number of unbranched alkanes of at least 4 members (excludes halogenated alkanes) is 2. The van der Waals surface area contributed by atoms with Gasteiger partial charge < -0.3 is 39.5 Å². The van der Waals surface area contributed by atoms with Crippen molar-refractivity contribution in [3.8, 4) is 11.5 Å². The number of hydrogen-bond acceptors (Lipinski definition) is 19. The number of aliphatic imine (C=N–C) groups is 1. The number of methoxy groups -OCH3 is 2. The quantitative estimate of drug-likeness (QED) is 0.0225. The molecule has 144 heavy (non-hydrogen) atoms. The first kappa shape index (κ1) is 129. The Morgan fingerprint density at radius 1 is 0.493 bits per heavy atom. The lowest BCUT2D eigenvalue weighted by Gasteiger charge is -2.28. The summed E-state index contributed by atoms with van der Waals surface area (Å²) in [5.41, 5.74) is 10.2. The number of Topliss-reactive ketones (excluding diaryl/α,β-unsaturated/α-hetero) is 3. The molecule has 1 atom stereocenters. The molecule has 8 heterocycles. The van der Waals surface area contributed by atoms with Crippen LogP contribution in [0.15, 0.2) is 109 Å². The Bertz CT molecular complexity index is 4880. The van der Waals surface area contributed by atoms with Crippen LogP contribution in [0.1, 0.15) is 402 Å². The Labute approximate surface area is 872 Å². The van der Waals surface area contributed by atoms with Gasteiger partial charge in [-0.25, -0.2) is 19.9 Å². The Morgan fingerprint density at radius 2 is 0.993 bits per heavy atom. The van der Waals surface area contributed by atoms with Gasteiger partial charge in [-0.15, -0.1) is 0 Å². The van der Waals surface area contributed by atoms with Crippen LogP contribution < -0.4 is 14.8 Å². The lowest BCUT2D eigenvalue weighted by atomic mass is 9.81. The summed E-state index contributed by atoms with van der Waals surface area (Å²) in [5.74, 6) is 6.66. The van der Waals surface area contributed by atoms with Gasteiger partial charge in [0.05, 0.1) is 56.9 Å². The summed E-state index contributed by atoms with van der Waals surface area (Å²) in [6.07, 6.45) is 40.3. The number of anilines is 1. The van der Waals surface area contributed by atoms with Crippen LogP contribution in [0.3, 0.4) is 0 Å². The number of nitrogens with zero attached hydrogens (tertiary/aromatic N) is 10. The fourth-order valence-electron chi connectivity index (χ4n) is 15.7. The molecular formula is C121H200N12O11. The summed E-state index contributed by atoms with van der Waals surface area (Å²) in [4.78, 5) is 95.9. The van der Waals surface area contributed by atoms with E-state index in [2.05, 4.69) is 265 Å². The van der Waals surface area contributed by atoms with E-state index in [0.717, 1.165) is 173 Å². The monoisotopic (exact) mass is 2000 g/mol. The summed E-state index contributed by atoms with van der Waals surface area (Å²) < 4.78 is 17.9. The van der Waals surface area contributed by atoms with Gasteiger partial charge in [0.2, 0.25) is 11.8 Å². The number of hydrogen-bond donors (Lipinski definition) is 4. The standard InChI is InChI=1S/C18H24N2O3.C16H21NO.C15H20N2O.C13H22N2.C11H19N3.C11H21NO2.C11H21NO.C11H18O.C8H18O.C7H16O/c1-18(2,3)7-6-12(21)8-14-13-9-16(22-4)17(23-5)10-15(13)20-11-19-14;1-16(2,3)7-6-15(18)9-12-4-5-13-10-17-11-14(13)8-12;1-15(2,3)7-6-13(18)9-11-4-5-14-12(8-11)10-16-17-14;1-13(2,3)9-5-7-11-15-12-8-4-6-10-14-12;1-11(2,3)7-9-4-5-14-10(6-9)12-8-13-14;1-11(2,3)5-4-10(13)12-6-8-14-9-7-12;1-11(2,3)7-6-10(13)12-8-4-5-9-12;1-11(2,3)7-6-10(12)8-9-4-5-9;1-8(2,3)6-4-5-7-9;1-7(2,3)5-4-6-8/h9-11H,6-8H2,1-5H3;4-5,8,10H,6-7,9,11H2,1-3H3;4-5,8,10H,6-7,9H2,1-3H3,(H,16,17);4,6,8,10H,5,7,9,11H2,1-3H3,(H,14,15);8-9H,4-7H2,1-3H3;4-9H2,1-3H3;4-9H2,1-3H3;6-7,9H,4-5,8H2,1-3H3;9H,4-7H2,1-3H3;8H,4-6H2,1-3H3/b;;;;;;;7-6+;;. The number of fused-ring (bicyclic) bond motifs is 4. The maximum Gasteiger partial charge on any atom is 0.222 e. The summed E-state index contributed by atoms with van der Waals surface area (Å²) >= 11 is 0. The number of ether oxygens (including phenoxy) is 3. The van der Waals surface area contributed by atoms with Crippen molar-refractivity contribution < 1.29 is 53.2 Å². The summed E-state index contributed by atoms with van der Waals surface area (Å²) in [5, 5.41) is 33.2. The van der Waals surface area contributed by atoms with Gasteiger partial charge in [0.15, 0.2) is 17.3 Å². The number of H-pyrrole nitrogens is 1. The lowest BCUT2D eigenvalue weighted by molar-refractivity contribution is -0.136. The van der Waals surface area contributed by atoms with Crippen molar-refractivity contribution in [3.05, 3.63) is 138 Å². The molecule has 1 aliphatic carbocycles. The van der Waals surface area contributed by atoms with Crippen LogP contribution in [0.25, 0.3) is 21.8 Å². The summed E-state index contributed by atoms with van der Waals surface area (Å²) in [6.45, 7) is 74.2. The van der Waals surface area contributed by atoms with Crippen LogP contribution in [-0.4, -0.2) is 174 Å². The number of amides is 2. The van der Waals surface area contributed by atoms with Gasteiger partial charge in [-0.1, -0.05) is 257 Å². The Morgan fingerprint density at radius 3 is 1.49 bits per heavy atom. The molecule has 810 valence electrons. The fraction of sp³-hybridized carbons (Fsp3) is 0.694. The third-order valence-electron chi connectivity index (χ3n) is 24.6. The van der Waals surface area contributed by atoms with Gasteiger partial charge in [0, 0.05) is 146 Å². The molecule has 0 spiro atoms. The summed E-state index contributed by atoms with van der Waals surface area (Å²) in [6, 6.07) is 21.8. The molecular weight excluding hydrogens is 1800 g/mol. The Balaban J connectivity index is 0.000000416. The van der Waals surface area contributed by atoms with Gasteiger partial charge in [0.25, 0.3) is 0 Å². The fourth-order valence-corrected chi connectivity index (χ4v) is 15.7. The van der Waals surface area contributed by atoms with Crippen LogP contribution in [0.5, 0.6) is 11.5 Å². The SMILES string of the molecule is CC(C)(C)/C=C/C(=O)CC1CC1.CC(C)(C)CC1CCn2ncnc2C1.CC(C)(C)CCC(=O)Cc1ccc2[nH]ncc2c1.CC(C)(C)CCC(=O)Cc1ccc2c(c1)CN=C2.CC(C)(C)CCC(=O)N1CCCC1.CC(C)(C)CCC(=O)N1CCOCC1.CC(C)(C)CCCCNc1ccccn1.CC(C)(C)CCCCO.CC(C)(C)CCCO.COc1cc2ncnc(CC(=O)CCC(C)(C)C)c2cc1OC. The molecule has 2 saturated heterocycles. The van der Waals surface area contributed by atoms with Crippen LogP contribution in [0, 0.1) is 66.0 Å². The van der Waals surface area contributed by atoms with Crippen molar-refractivity contribution in [3.63, 3.8) is 0 Å². The van der Waals surface area contributed by atoms with E-state index in [1.807, 2.05) is 81.5 Å². The highest BCUT2D eigenvalue weighted by Gasteiger charge is 2.28. The number of morpholine rings is 1. The molecule has 4 aliphatic heterocycles. The van der Waals surface area contributed by atoms with Gasteiger partial charge in [-0.3, -0.25) is 43.5 Å². The predicted molar refractivity (Wildman–Crippen MR) is 598 cm³/mol. The predicted octanol–water partition coefficient (Wildman–Crippen LogP) is 27.7. The molecule has 5 aliphatic rings. The first-order valence-electron chi connectivity index (χ1n) is 53.9. The average molecular weight is 2000 g/mol. The highest BCUT2D eigenvalue weighted by Crippen LogP contribution is 2.37. The number of ketones is 4. The number of aliphatic hydroxyl groups is 2. The molecule has 0 bridgehead atoms.